The molecule has 1 aromatic heterocycles. The summed E-state index contributed by atoms with van der Waals surface area (Å²) < 4.78 is 5.33. The van der Waals surface area contributed by atoms with Crippen LogP contribution in [0.15, 0.2) is 30.9 Å². The summed E-state index contributed by atoms with van der Waals surface area (Å²) in [6, 6.07) is 6.81. The van der Waals surface area contributed by atoms with E-state index in [0.29, 0.717) is 25.0 Å². The van der Waals surface area contributed by atoms with E-state index in [1.54, 1.807) is 0 Å². The third-order valence-corrected chi connectivity index (χ3v) is 6.95. The van der Waals surface area contributed by atoms with Gasteiger partial charge in [-0.2, -0.15) is 0 Å². The minimum absolute atomic E-state index is 0.0111. The van der Waals surface area contributed by atoms with Gasteiger partial charge in [0, 0.05) is 62.0 Å². The van der Waals surface area contributed by atoms with E-state index in [-0.39, 0.29) is 24.6 Å². The number of esters is 1. The standard InChI is InChI=1S/C25H34N4O3/c1-5-11-29-14-17(26-25(31)28(6-2)7-3)12-19-18-9-8-10-21-24(18)20(13-23(19)29)22(27-21)15-32-16(4)30/h5,8-10,17,19,23,27H,1,6-7,11-15H2,2-4H3,(H,26,31)/t17-,19?,23+/m0/s1. The molecule has 3 atom stereocenters. The van der Waals surface area contributed by atoms with Gasteiger partial charge in [-0.05, 0) is 43.9 Å². The molecule has 7 nitrogen and oxygen atoms in total. The Morgan fingerprint density at radius 3 is 2.81 bits per heavy atom. The third kappa shape index (κ3) is 4.13. The molecule has 2 heterocycles. The number of hydrogen-bond donors (Lipinski definition) is 2. The minimum atomic E-state index is -0.275. The smallest absolute Gasteiger partial charge is 0.317 e. The van der Waals surface area contributed by atoms with Crippen LogP contribution < -0.4 is 5.32 Å². The number of carbonyl (C=O) groups excluding carboxylic acids is 2. The second-order valence-electron chi connectivity index (χ2n) is 8.81. The van der Waals surface area contributed by atoms with Gasteiger partial charge in [-0.1, -0.05) is 18.2 Å². The number of aromatic amines is 1. The van der Waals surface area contributed by atoms with Gasteiger partial charge < -0.3 is 19.9 Å². The van der Waals surface area contributed by atoms with E-state index in [4.69, 9.17) is 4.74 Å². The predicted molar refractivity (Wildman–Crippen MR) is 126 cm³/mol. The molecule has 0 saturated carbocycles. The molecule has 32 heavy (non-hydrogen) atoms. The number of benzene rings is 1. The van der Waals surface area contributed by atoms with Crippen molar-refractivity contribution in [2.45, 2.75) is 58.2 Å². The van der Waals surface area contributed by atoms with Crippen LogP contribution in [0.3, 0.4) is 0 Å². The fourth-order valence-corrected chi connectivity index (χ4v) is 5.51. The molecule has 1 aromatic carbocycles. The molecule has 172 valence electrons. The van der Waals surface area contributed by atoms with Gasteiger partial charge in [0.2, 0.25) is 0 Å². The van der Waals surface area contributed by atoms with Crippen LogP contribution >= 0.6 is 0 Å². The number of piperidine rings is 1. The lowest BCUT2D eigenvalue weighted by atomic mass is 9.73. The molecule has 4 rings (SSSR count). The largest absolute Gasteiger partial charge is 0.459 e. The van der Waals surface area contributed by atoms with Gasteiger partial charge in [0.05, 0.1) is 5.69 Å². The summed E-state index contributed by atoms with van der Waals surface area (Å²) >= 11 is 0. The first-order valence-corrected chi connectivity index (χ1v) is 11.6. The highest BCUT2D eigenvalue weighted by atomic mass is 16.5. The lowest BCUT2D eigenvalue weighted by Gasteiger charge is -2.47. The second-order valence-corrected chi connectivity index (χ2v) is 8.81. The molecule has 2 amide bonds. The van der Waals surface area contributed by atoms with Crippen LogP contribution in [0.1, 0.15) is 49.9 Å². The lowest BCUT2D eigenvalue weighted by molar-refractivity contribution is -0.142. The predicted octanol–water partition coefficient (Wildman–Crippen LogP) is 3.55. The molecule has 1 saturated heterocycles. The van der Waals surface area contributed by atoms with Crippen molar-refractivity contribution in [2.24, 2.45) is 0 Å². The number of amides is 2. The molecule has 0 bridgehead atoms. The van der Waals surface area contributed by atoms with E-state index in [9.17, 15) is 9.59 Å². The average molecular weight is 439 g/mol. The van der Waals surface area contributed by atoms with Crippen molar-refractivity contribution in [1.29, 1.82) is 0 Å². The summed E-state index contributed by atoms with van der Waals surface area (Å²) in [7, 11) is 0. The molecule has 2 N–H and O–H groups in total. The fourth-order valence-electron chi connectivity index (χ4n) is 5.51. The highest BCUT2D eigenvalue weighted by Crippen LogP contribution is 2.44. The van der Waals surface area contributed by atoms with E-state index >= 15 is 0 Å². The van der Waals surface area contributed by atoms with Crippen molar-refractivity contribution in [3.8, 4) is 0 Å². The van der Waals surface area contributed by atoms with Crippen molar-refractivity contribution in [2.75, 3.05) is 26.2 Å². The number of fused-ring (bicyclic) bond motifs is 2. The Bertz CT molecular complexity index is 1010. The van der Waals surface area contributed by atoms with Gasteiger partial charge in [-0.15, -0.1) is 6.58 Å². The number of nitrogens with zero attached hydrogens (tertiary/aromatic N) is 2. The summed E-state index contributed by atoms with van der Waals surface area (Å²) in [6.07, 6.45) is 3.75. The van der Waals surface area contributed by atoms with Crippen LogP contribution in [-0.2, 0) is 22.6 Å². The van der Waals surface area contributed by atoms with Crippen molar-refractivity contribution < 1.29 is 14.3 Å². The number of likely N-dealkylation sites (tertiary alicyclic amines) is 1. The zero-order valence-corrected chi connectivity index (χ0v) is 19.3. The van der Waals surface area contributed by atoms with E-state index in [0.717, 1.165) is 37.1 Å². The Morgan fingerprint density at radius 2 is 2.12 bits per heavy atom. The van der Waals surface area contributed by atoms with Crippen molar-refractivity contribution in [3.63, 3.8) is 0 Å². The Kier molecular flexibility index (Phi) is 6.55. The van der Waals surface area contributed by atoms with Crippen molar-refractivity contribution >= 4 is 22.9 Å². The Labute approximate surface area is 189 Å². The van der Waals surface area contributed by atoms with Crippen LogP contribution in [-0.4, -0.2) is 65.0 Å². The van der Waals surface area contributed by atoms with Crippen LogP contribution in [0.25, 0.3) is 10.9 Å². The molecule has 0 spiro atoms. The zero-order chi connectivity index (χ0) is 22.8. The Hall–Kier alpha value is -2.80. The van der Waals surface area contributed by atoms with Crippen molar-refractivity contribution in [1.82, 2.24) is 20.1 Å². The highest BCUT2D eigenvalue weighted by Gasteiger charge is 2.41. The van der Waals surface area contributed by atoms with E-state index in [1.165, 1.54) is 23.4 Å². The summed E-state index contributed by atoms with van der Waals surface area (Å²) in [6.45, 7) is 12.7. The Balaban J connectivity index is 1.67. The van der Waals surface area contributed by atoms with Crippen LogP contribution in [0.4, 0.5) is 4.79 Å². The number of hydrogen-bond acceptors (Lipinski definition) is 4. The number of ether oxygens (including phenoxy) is 1. The van der Waals surface area contributed by atoms with E-state index < -0.39 is 0 Å². The van der Waals surface area contributed by atoms with Gasteiger partial charge in [-0.25, -0.2) is 4.79 Å². The number of rotatable bonds is 7. The first kappa shape index (κ1) is 22.4. The molecule has 2 aromatic rings. The van der Waals surface area contributed by atoms with E-state index in [2.05, 4.69) is 40.0 Å². The SMILES string of the molecule is C=CCN1C[C@@H](NC(=O)N(CC)CC)CC2c3cccc4[nH]c(COC(C)=O)c(c34)C[C@H]21. The zero-order valence-electron chi connectivity index (χ0n) is 19.3. The highest BCUT2D eigenvalue weighted by molar-refractivity contribution is 5.90. The lowest BCUT2D eigenvalue weighted by Crippen LogP contribution is -2.57. The van der Waals surface area contributed by atoms with Crippen molar-refractivity contribution in [3.05, 3.63) is 47.7 Å². The minimum Gasteiger partial charge on any atom is -0.459 e. The second kappa shape index (κ2) is 9.36. The number of urea groups is 1. The van der Waals surface area contributed by atoms with Crippen LogP contribution in [0.5, 0.6) is 0 Å². The molecular weight excluding hydrogens is 404 g/mol. The molecule has 1 aliphatic heterocycles. The van der Waals surface area contributed by atoms with Crippen LogP contribution in [0.2, 0.25) is 0 Å². The normalized spacial score (nSPS) is 22.3. The van der Waals surface area contributed by atoms with Crippen LogP contribution in [0, 0.1) is 0 Å². The summed E-state index contributed by atoms with van der Waals surface area (Å²) in [4.78, 5) is 31.9. The maximum absolute atomic E-state index is 12.7. The Morgan fingerprint density at radius 1 is 1.34 bits per heavy atom. The van der Waals surface area contributed by atoms with Gasteiger partial charge in [0.25, 0.3) is 0 Å². The molecular formula is C25H34N4O3. The molecule has 1 fully saturated rings. The molecule has 0 radical (unpaired) electrons. The molecule has 1 unspecified atom stereocenters. The van der Waals surface area contributed by atoms with E-state index in [1.807, 2.05) is 24.8 Å². The summed E-state index contributed by atoms with van der Waals surface area (Å²) in [5.41, 5.74) is 4.63. The number of aromatic nitrogens is 1. The monoisotopic (exact) mass is 438 g/mol. The number of nitrogens with one attached hydrogen (secondary N) is 2. The fraction of sp³-hybridized carbons (Fsp3) is 0.520. The topological polar surface area (TPSA) is 77.7 Å². The third-order valence-electron chi connectivity index (χ3n) is 6.95. The van der Waals surface area contributed by atoms with Gasteiger partial charge in [0.1, 0.15) is 6.61 Å². The quantitative estimate of drug-likeness (QED) is 0.512. The number of H-pyrrole nitrogens is 1. The summed E-state index contributed by atoms with van der Waals surface area (Å²) in [5, 5.41) is 4.54. The molecule has 7 heteroatoms. The molecule has 2 aliphatic rings. The first-order chi connectivity index (χ1) is 15.5. The maximum Gasteiger partial charge on any atom is 0.317 e. The van der Waals surface area contributed by atoms with Gasteiger partial charge in [0.15, 0.2) is 0 Å². The first-order valence-electron chi connectivity index (χ1n) is 11.6. The number of carbonyl (C=O) groups is 2. The average Bonchev–Trinajstić information content (AvgIpc) is 3.13. The maximum atomic E-state index is 12.7. The summed E-state index contributed by atoms with van der Waals surface area (Å²) in [5.74, 6) is 0.0433. The van der Waals surface area contributed by atoms with Gasteiger partial charge >= 0.3 is 12.0 Å². The van der Waals surface area contributed by atoms with Gasteiger partial charge in [-0.3, -0.25) is 9.69 Å². The molecule has 1 aliphatic carbocycles.